The highest BCUT2D eigenvalue weighted by Crippen LogP contribution is 2.39. The van der Waals surface area contributed by atoms with Gasteiger partial charge in [0.1, 0.15) is 17.4 Å². The first-order valence-corrected chi connectivity index (χ1v) is 10.5. The number of piperidine rings is 1. The third-order valence-electron chi connectivity index (χ3n) is 6.05. The van der Waals surface area contributed by atoms with E-state index in [-0.39, 0.29) is 11.3 Å². The number of aromatic nitrogens is 7. The summed E-state index contributed by atoms with van der Waals surface area (Å²) in [4.78, 5) is 0. The van der Waals surface area contributed by atoms with E-state index in [9.17, 15) is 5.11 Å². The van der Waals surface area contributed by atoms with E-state index in [1.807, 2.05) is 33.8 Å². The predicted octanol–water partition coefficient (Wildman–Crippen LogP) is 3.41. The molecule has 0 saturated carbocycles. The Kier molecular flexibility index (Phi) is 4.52. The molecule has 5 rings (SSSR count). The fourth-order valence-electron chi connectivity index (χ4n) is 4.75. The number of aromatic amines is 1. The lowest BCUT2D eigenvalue weighted by Crippen LogP contribution is -2.64. The number of rotatable bonds is 3. The van der Waals surface area contributed by atoms with Crippen LogP contribution in [-0.2, 0) is 0 Å². The van der Waals surface area contributed by atoms with Gasteiger partial charge in [-0.1, -0.05) is 11.3 Å². The molecule has 4 heterocycles. The highest BCUT2D eigenvalue weighted by molar-refractivity contribution is 5.79. The van der Waals surface area contributed by atoms with E-state index < -0.39 is 17.8 Å². The SMILES string of the molecule is CC1(C)C[C@H](n2nnc3cc(-c4ccc(-c5cn[nH]c5)cc4O)nnc32)[C@H](F)C(C)(C)N1. The number of H-pyrrole nitrogens is 1. The van der Waals surface area contributed by atoms with E-state index in [0.717, 1.165) is 11.1 Å². The number of halogens is 1. The number of nitrogens with zero attached hydrogens (tertiary/aromatic N) is 6. The summed E-state index contributed by atoms with van der Waals surface area (Å²) in [5, 5.41) is 37.7. The van der Waals surface area contributed by atoms with Crippen LogP contribution in [0.3, 0.4) is 0 Å². The van der Waals surface area contributed by atoms with Crippen molar-refractivity contribution in [3.63, 3.8) is 0 Å². The van der Waals surface area contributed by atoms with E-state index in [1.165, 1.54) is 0 Å². The molecular formula is C22H25FN8O. The fourth-order valence-corrected chi connectivity index (χ4v) is 4.75. The first-order valence-electron chi connectivity index (χ1n) is 10.5. The molecule has 3 aromatic heterocycles. The molecule has 32 heavy (non-hydrogen) atoms. The summed E-state index contributed by atoms with van der Waals surface area (Å²) in [5.41, 5.74) is 2.59. The van der Waals surface area contributed by atoms with Crippen molar-refractivity contribution in [3.05, 3.63) is 36.7 Å². The standard InChI is InChI=1S/C22H25FN8O/c1-21(2)9-17(19(23)22(3,4)29-21)31-20-16(27-30-31)8-15(26-28-20)14-6-5-12(7-18(14)32)13-10-24-25-11-13/h5-8,10-11,17,19,29,32H,9H2,1-4H3,(H,24,25)/t17-,19-/m0/s1. The van der Waals surface area contributed by atoms with E-state index in [1.54, 1.807) is 35.3 Å². The van der Waals surface area contributed by atoms with Crippen LogP contribution in [0, 0.1) is 0 Å². The number of alkyl halides is 1. The maximum atomic E-state index is 15.4. The second kappa shape index (κ2) is 7.06. The number of nitrogens with one attached hydrogen (secondary N) is 2. The Morgan fingerprint density at radius 2 is 1.91 bits per heavy atom. The highest BCUT2D eigenvalue weighted by atomic mass is 19.1. The predicted molar refractivity (Wildman–Crippen MR) is 118 cm³/mol. The van der Waals surface area contributed by atoms with Crippen molar-refractivity contribution in [1.29, 1.82) is 0 Å². The van der Waals surface area contributed by atoms with Crippen molar-refractivity contribution in [3.8, 4) is 28.1 Å². The topological polar surface area (TPSA) is 117 Å². The first-order chi connectivity index (χ1) is 15.1. The quantitative estimate of drug-likeness (QED) is 0.450. The molecule has 1 aromatic carbocycles. The van der Waals surface area contributed by atoms with Crippen LogP contribution in [0.1, 0.15) is 40.2 Å². The minimum Gasteiger partial charge on any atom is -0.507 e. The molecule has 0 bridgehead atoms. The van der Waals surface area contributed by atoms with E-state index in [2.05, 4.69) is 36.0 Å². The van der Waals surface area contributed by atoms with E-state index >= 15 is 4.39 Å². The van der Waals surface area contributed by atoms with Crippen LogP contribution in [0.15, 0.2) is 36.7 Å². The van der Waals surface area contributed by atoms with Gasteiger partial charge in [-0.25, -0.2) is 9.07 Å². The summed E-state index contributed by atoms with van der Waals surface area (Å²) >= 11 is 0. The normalized spacial score (nSPS) is 22.3. The number of phenols is 1. The molecule has 166 valence electrons. The van der Waals surface area contributed by atoms with E-state index in [4.69, 9.17) is 0 Å². The lowest BCUT2D eigenvalue weighted by molar-refractivity contribution is 0.0257. The van der Waals surface area contributed by atoms with Gasteiger partial charge in [0.25, 0.3) is 0 Å². The number of aromatic hydroxyl groups is 1. The van der Waals surface area contributed by atoms with Gasteiger partial charge in [0, 0.05) is 28.4 Å². The summed E-state index contributed by atoms with van der Waals surface area (Å²) < 4.78 is 16.9. The van der Waals surface area contributed by atoms with Crippen LogP contribution in [0.25, 0.3) is 33.5 Å². The average Bonchev–Trinajstić information content (AvgIpc) is 3.39. The number of phenolic OH excluding ortho intramolecular Hbond substituents is 1. The molecular weight excluding hydrogens is 411 g/mol. The van der Waals surface area contributed by atoms with Crippen LogP contribution >= 0.6 is 0 Å². The zero-order valence-electron chi connectivity index (χ0n) is 18.3. The second-order valence-corrected chi connectivity index (χ2v) is 9.60. The van der Waals surface area contributed by atoms with E-state index in [0.29, 0.717) is 28.8 Å². The van der Waals surface area contributed by atoms with Gasteiger partial charge in [-0.2, -0.15) is 5.10 Å². The Morgan fingerprint density at radius 1 is 1.09 bits per heavy atom. The largest absolute Gasteiger partial charge is 0.507 e. The summed E-state index contributed by atoms with van der Waals surface area (Å²) in [6.45, 7) is 7.80. The van der Waals surface area contributed by atoms with Gasteiger partial charge in [0.15, 0.2) is 0 Å². The summed E-state index contributed by atoms with van der Waals surface area (Å²) in [6, 6.07) is 6.48. The first kappa shape index (κ1) is 20.5. The van der Waals surface area contributed by atoms with Crippen LogP contribution in [0.4, 0.5) is 4.39 Å². The van der Waals surface area contributed by atoms with Crippen LogP contribution < -0.4 is 5.32 Å². The molecule has 4 aromatic rings. The van der Waals surface area contributed by atoms with Gasteiger partial charge < -0.3 is 10.4 Å². The van der Waals surface area contributed by atoms with Crippen molar-refractivity contribution >= 4 is 11.2 Å². The Labute approximate surface area is 184 Å². The third-order valence-corrected chi connectivity index (χ3v) is 6.05. The summed E-state index contributed by atoms with van der Waals surface area (Å²) in [6.07, 6.45) is 2.79. The molecule has 1 aliphatic rings. The monoisotopic (exact) mass is 436 g/mol. The second-order valence-electron chi connectivity index (χ2n) is 9.60. The molecule has 0 spiro atoms. The van der Waals surface area contributed by atoms with Crippen molar-refractivity contribution in [1.82, 2.24) is 40.7 Å². The van der Waals surface area contributed by atoms with Crippen LogP contribution in [-0.4, -0.2) is 57.7 Å². The lowest BCUT2D eigenvalue weighted by Gasteiger charge is -2.48. The Bertz CT molecular complexity index is 1280. The van der Waals surface area contributed by atoms with Crippen molar-refractivity contribution in [2.45, 2.75) is 57.4 Å². The lowest BCUT2D eigenvalue weighted by atomic mass is 9.78. The van der Waals surface area contributed by atoms with Gasteiger partial charge in [-0.15, -0.1) is 15.3 Å². The van der Waals surface area contributed by atoms with Gasteiger partial charge in [-0.05, 0) is 57.9 Å². The highest BCUT2D eigenvalue weighted by Gasteiger charge is 2.48. The van der Waals surface area contributed by atoms with Crippen LogP contribution in [0.2, 0.25) is 0 Å². The molecule has 2 atom stereocenters. The van der Waals surface area contributed by atoms with Crippen molar-refractivity contribution in [2.75, 3.05) is 0 Å². The molecule has 1 saturated heterocycles. The zero-order chi connectivity index (χ0) is 22.7. The summed E-state index contributed by atoms with van der Waals surface area (Å²) in [5.74, 6) is 0.0652. The Hall–Kier alpha value is -3.40. The zero-order valence-corrected chi connectivity index (χ0v) is 18.3. The molecule has 0 aliphatic carbocycles. The van der Waals surface area contributed by atoms with Gasteiger partial charge in [0.2, 0.25) is 5.65 Å². The Balaban J connectivity index is 1.51. The number of hydrogen-bond donors (Lipinski definition) is 3. The smallest absolute Gasteiger partial charge is 0.201 e. The number of fused-ring (bicyclic) bond motifs is 1. The molecule has 0 radical (unpaired) electrons. The molecule has 0 amide bonds. The van der Waals surface area contributed by atoms with Gasteiger partial charge in [0.05, 0.1) is 17.9 Å². The van der Waals surface area contributed by atoms with Crippen LogP contribution in [0.5, 0.6) is 5.75 Å². The molecule has 1 fully saturated rings. The third kappa shape index (κ3) is 3.40. The number of benzene rings is 1. The van der Waals surface area contributed by atoms with Crippen molar-refractivity contribution in [2.24, 2.45) is 0 Å². The molecule has 10 heteroatoms. The van der Waals surface area contributed by atoms with Gasteiger partial charge in [-0.3, -0.25) is 5.10 Å². The molecule has 9 nitrogen and oxygen atoms in total. The molecule has 3 N–H and O–H groups in total. The van der Waals surface area contributed by atoms with Crippen molar-refractivity contribution < 1.29 is 9.50 Å². The Morgan fingerprint density at radius 3 is 2.62 bits per heavy atom. The summed E-state index contributed by atoms with van der Waals surface area (Å²) in [7, 11) is 0. The minimum absolute atomic E-state index is 0.0652. The number of hydrogen-bond acceptors (Lipinski definition) is 7. The molecule has 1 aliphatic heterocycles. The van der Waals surface area contributed by atoms with Gasteiger partial charge >= 0.3 is 0 Å². The maximum Gasteiger partial charge on any atom is 0.201 e. The average molecular weight is 436 g/mol. The molecule has 0 unspecified atom stereocenters. The maximum absolute atomic E-state index is 15.4. The minimum atomic E-state index is -1.18. The fraction of sp³-hybridized carbons (Fsp3) is 0.409.